The van der Waals surface area contributed by atoms with Crippen molar-refractivity contribution in [3.05, 3.63) is 58.3 Å². The van der Waals surface area contributed by atoms with Gasteiger partial charge in [0.2, 0.25) is 0 Å². The highest BCUT2D eigenvalue weighted by atomic mass is 32.2. The first-order valence-corrected chi connectivity index (χ1v) is 6.96. The fourth-order valence-corrected chi connectivity index (χ4v) is 2.83. The van der Waals surface area contributed by atoms with Gasteiger partial charge >= 0.3 is 0 Å². The minimum absolute atomic E-state index is 0.142. The molecule has 0 aliphatic rings. The van der Waals surface area contributed by atoms with Crippen LogP contribution in [0.2, 0.25) is 0 Å². The van der Waals surface area contributed by atoms with E-state index >= 15 is 0 Å². The molecule has 2 heterocycles. The number of nitrogens with zero attached hydrogens (tertiary/aromatic N) is 3. The third-order valence-electron chi connectivity index (χ3n) is 2.81. The molecule has 0 bridgehead atoms. The summed E-state index contributed by atoms with van der Waals surface area (Å²) >= 11 is 1.29. The van der Waals surface area contributed by atoms with Crippen molar-refractivity contribution >= 4 is 17.5 Å². The highest BCUT2D eigenvalue weighted by molar-refractivity contribution is 7.98. The zero-order valence-electron chi connectivity index (χ0n) is 10.4. The quantitative estimate of drug-likeness (QED) is 0.748. The van der Waals surface area contributed by atoms with Crippen molar-refractivity contribution in [3.63, 3.8) is 0 Å². The second-order valence-electron chi connectivity index (χ2n) is 4.12. The van der Waals surface area contributed by atoms with Crippen molar-refractivity contribution in [2.45, 2.75) is 17.3 Å². The zero-order valence-corrected chi connectivity index (χ0v) is 11.2. The van der Waals surface area contributed by atoms with Gasteiger partial charge in [-0.25, -0.2) is 14.4 Å². The van der Waals surface area contributed by atoms with Crippen LogP contribution in [0.15, 0.2) is 46.3 Å². The Morgan fingerprint density at radius 1 is 1.30 bits per heavy atom. The lowest BCUT2D eigenvalue weighted by Gasteiger charge is -2.05. The molecule has 3 aromatic rings. The van der Waals surface area contributed by atoms with Crippen LogP contribution >= 0.6 is 11.8 Å². The van der Waals surface area contributed by atoms with Crippen LogP contribution in [-0.4, -0.2) is 19.6 Å². The van der Waals surface area contributed by atoms with E-state index in [9.17, 15) is 9.18 Å². The van der Waals surface area contributed by atoms with Gasteiger partial charge in [-0.3, -0.25) is 9.89 Å². The summed E-state index contributed by atoms with van der Waals surface area (Å²) in [6, 6.07) is 9.70. The summed E-state index contributed by atoms with van der Waals surface area (Å²) in [5, 5.41) is 2.67. The number of thioether (sulfide) groups is 1. The van der Waals surface area contributed by atoms with Gasteiger partial charge in [0.15, 0.2) is 0 Å². The van der Waals surface area contributed by atoms with Crippen molar-refractivity contribution < 1.29 is 4.39 Å². The van der Waals surface area contributed by atoms with Crippen molar-refractivity contribution in [3.8, 4) is 0 Å². The van der Waals surface area contributed by atoms with Gasteiger partial charge in [-0.05, 0) is 5.56 Å². The molecule has 0 amide bonds. The second kappa shape index (κ2) is 5.46. The molecular weight excluding hydrogens is 279 g/mol. The molecule has 0 unspecified atom stereocenters. The average molecular weight is 290 g/mol. The Labute approximate surface area is 117 Å². The van der Waals surface area contributed by atoms with Crippen molar-refractivity contribution in [1.82, 2.24) is 19.6 Å². The lowest BCUT2D eigenvalue weighted by molar-refractivity contribution is 0.468. The van der Waals surface area contributed by atoms with Gasteiger partial charge in [-0.15, -0.1) is 11.8 Å². The number of hydrogen-bond acceptors (Lipinski definition) is 4. The maximum absolute atomic E-state index is 13.1. The summed E-state index contributed by atoms with van der Waals surface area (Å²) in [6.45, 7) is -0.782. The highest BCUT2D eigenvalue weighted by Crippen LogP contribution is 2.23. The molecule has 0 radical (unpaired) electrons. The number of hydrogen-bond donors (Lipinski definition) is 1. The normalized spacial score (nSPS) is 11.1. The van der Waals surface area contributed by atoms with E-state index in [-0.39, 0.29) is 17.0 Å². The van der Waals surface area contributed by atoms with Gasteiger partial charge in [-0.1, -0.05) is 30.3 Å². The fourth-order valence-electron chi connectivity index (χ4n) is 1.85. The predicted molar refractivity (Wildman–Crippen MR) is 74.4 cm³/mol. The molecule has 1 aromatic carbocycles. The van der Waals surface area contributed by atoms with E-state index in [1.807, 2.05) is 30.3 Å². The van der Waals surface area contributed by atoms with Gasteiger partial charge < -0.3 is 0 Å². The van der Waals surface area contributed by atoms with Gasteiger partial charge in [0.25, 0.3) is 11.3 Å². The van der Waals surface area contributed by atoms with Crippen LogP contribution < -0.4 is 5.56 Å². The van der Waals surface area contributed by atoms with E-state index in [1.165, 1.54) is 22.6 Å². The number of aromatic nitrogens is 4. The van der Waals surface area contributed by atoms with Crippen LogP contribution in [0.1, 0.15) is 11.3 Å². The number of aromatic amines is 1. The number of halogens is 1. The van der Waals surface area contributed by atoms with Crippen LogP contribution in [-0.2, 0) is 12.4 Å². The molecule has 0 fully saturated rings. The fraction of sp³-hybridized carbons (Fsp3) is 0.154. The summed E-state index contributed by atoms with van der Waals surface area (Å²) in [5.74, 6) is 0.775. The lowest BCUT2D eigenvalue weighted by Crippen LogP contribution is -2.19. The largest absolute Gasteiger partial charge is 0.288 e. The molecule has 3 rings (SSSR count). The Kier molecular flexibility index (Phi) is 3.51. The van der Waals surface area contributed by atoms with Gasteiger partial charge in [0, 0.05) is 5.75 Å². The Hall–Kier alpha value is -2.15. The Bertz CT molecular complexity index is 784. The summed E-state index contributed by atoms with van der Waals surface area (Å²) in [7, 11) is 0. The maximum Gasteiger partial charge on any atom is 0.288 e. The molecule has 2 aromatic heterocycles. The topological polar surface area (TPSA) is 63.0 Å². The molecule has 0 aliphatic heterocycles. The Balaban J connectivity index is 1.97. The SMILES string of the molecule is O=c1c(SCc2ccccc2)c(CF)nc2nc[nH]n12. The molecule has 0 saturated heterocycles. The van der Waals surface area contributed by atoms with Crippen LogP contribution in [0.25, 0.3) is 5.78 Å². The van der Waals surface area contributed by atoms with Crippen molar-refractivity contribution in [2.24, 2.45) is 0 Å². The minimum atomic E-state index is -0.782. The number of benzene rings is 1. The third kappa shape index (κ3) is 2.32. The van der Waals surface area contributed by atoms with E-state index in [0.717, 1.165) is 5.56 Å². The maximum atomic E-state index is 13.1. The van der Waals surface area contributed by atoms with Crippen molar-refractivity contribution in [2.75, 3.05) is 0 Å². The molecule has 0 aliphatic carbocycles. The molecule has 7 heteroatoms. The number of fused-ring (bicyclic) bond motifs is 1. The molecule has 0 saturated carbocycles. The third-order valence-corrected chi connectivity index (χ3v) is 3.99. The lowest BCUT2D eigenvalue weighted by atomic mass is 10.2. The van der Waals surface area contributed by atoms with Gasteiger partial charge in [0.1, 0.15) is 13.0 Å². The van der Waals surface area contributed by atoms with E-state index < -0.39 is 6.67 Å². The van der Waals surface area contributed by atoms with Crippen LogP contribution in [0, 0.1) is 0 Å². The molecule has 102 valence electrons. The van der Waals surface area contributed by atoms with E-state index in [1.54, 1.807) is 0 Å². The van der Waals surface area contributed by atoms with Gasteiger partial charge in [-0.2, -0.15) is 4.52 Å². The van der Waals surface area contributed by atoms with Crippen LogP contribution in [0.3, 0.4) is 0 Å². The first-order valence-electron chi connectivity index (χ1n) is 5.97. The molecule has 5 nitrogen and oxygen atoms in total. The zero-order chi connectivity index (χ0) is 13.9. The Morgan fingerprint density at radius 3 is 2.85 bits per heavy atom. The molecule has 0 atom stereocenters. The van der Waals surface area contributed by atoms with Crippen molar-refractivity contribution in [1.29, 1.82) is 0 Å². The first kappa shape index (κ1) is 12.9. The minimum Gasteiger partial charge on any atom is -0.278 e. The smallest absolute Gasteiger partial charge is 0.278 e. The number of alkyl halides is 1. The second-order valence-corrected chi connectivity index (χ2v) is 5.11. The van der Waals surface area contributed by atoms with Crippen LogP contribution in [0.4, 0.5) is 4.39 Å². The average Bonchev–Trinajstić information content (AvgIpc) is 2.95. The highest BCUT2D eigenvalue weighted by Gasteiger charge is 2.14. The summed E-state index contributed by atoms with van der Waals surface area (Å²) in [4.78, 5) is 20.5. The Morgan fingerprint density at radius 2 is 2.10 bits per heavy atom. The first-order chi connectivity index (χ1) is 9.79. The molecular formula is C13H11FN4OS. The van der Waals surface area contributed by atoms with E-state index in [4.69, 9.17) is 0 Å². The van der Waals surface area contributed by atoms with Crippen LogP contribution in [0.5, 0.6) is 0 Å². The van der Waals surface area contributed by atoms with E-state index in [0.29, 0.717) is 10.6 Å². The standard InChI is InChI=1S/C13H11FN4OS/c14-6-10-11(20-7-9-4-2-1-3-5-9)12(19)18-13(17-10)15-8-16-18/h1-5,8H,6-7H2,(H,15,16,17). The number of rotatable bonds is 4. The van der Waals surface area contributed by atoms with Gasteiger partial charge in [0.05, 0.1) is 10.6 Å². The number of H-pyrrole nitrogens is 1. The summed E-state index contributed by atoms with van der Waals surface area (Å²) in [5.41, 5.74) is 0.889. The molecule has 20 heavy (non-hydrogen) atoms. The summed E-state index contributed by atoms with van der Waals surface area (Å²) < 4.78 is 14.3. The number of nitrogens with one attached hydrogen (secondary N) is 1. The molecule has 1 N–H and O–H groups in total. The monoisotopic (exact) mass is 290 g/mol. The van der Waals surface area contributed by atoms with E-state index in [2.05, 4.69) is 15.1 Å². The summed E-state index contributed by atoms with van der Waals surface area (Å²) in [6.07, 6.45) is 1.36. The predicted octanol–water partition coefficient (Wildman–Crippen LogP) is 2.18. The molecule has 0 spiro atoms.